The molecule has 0 spiro atoms. The zero-order chi connectivity index (χ0) is 14.7. The summed E-state index contributed by atoms with van der Waals surface area (Å²) < 4.78 is 0. The van der Waals surface area contributed by atoms with Gasteiger partial charge in [-0.05, 0) is 30.0 Å². The Morgan fingerprint density at radius 2 is 1.95 bits per heavy atom. The minimum absolute atomic E-state index is 0.139. The van der Waals surface area contributed by atoms with Crippen molar-refractivity contribution in [1.82, 2.24) is 5.32 Å². The van der Waals surface area contributed by atoms with Crippen molar-refractivity contribution in [2.45, 2.75) is 18.9 Å². The smallest absolute Gasteiger partial charge is 0.251 e. The van der Waals surface area contributed by atoms with Crippen LogP contribution in [0.3, 0.4) is 0 Å². The number of hydrogen-bond donors (Lipinski definition) is 1. The summed E-state index contributed by atoms with van der Waals surface area (Å²) in [6.07, 6.45) is 1.11. The molecule has 1 unspecified atom stereocenters. The van der Waals surface area contributed by atoms with Crippen molar-refractivity contribution >= 4 is 28.8 Å². The average Bonchev–Trinajstić information content (AvgIpc) is 3.09. The summed E-state index contributed by atoms with van der Waals surface area (Å²) in [4.78, 5) is 27.0. The number of imide groups is 1. The summed E-state index contributed by atoms with van der Waals surface area (Å²) in [6, 6.07) is 12.8. The lowest BCUT2D eigenvalue weighted by molar-refractivity contribution is -0.121. The molecule has 2 amide bonds. The largest absolute Gasteiger partial charge is 0.305 e. The van der Waals surface area contributed by atoms with Crippen molar-refractivity contribution in [2.75, 3.05) is 11.4 Å². The third kappa shape index (κ3) is 3.04. The molecule has 0 saturated carbocycles. The Bertz CT molecular complexity index is 625. The number of thiophene rings is 1. The molecular weight excluding hydrogens is 284 g/mol. The fraction of sp³-hybridized carbons (Fsp3) is 0.250. The molecule has 1 aromatic heterocycles. The standard InChI is InChI=1S/C16H16N2O2S/c19-15-11-14(17-9-8-13-7-4-10-21-13)16(20)18(15)12-5-2-1-3-6-12/h1-7,10,14,17H,8-9,11H2. The number of rotatable bonds is 5. The minimum Gasteiger partial charge on any atom is -0.305 e. The van der Waals surface area contributed by atoms with Gasteiger partial charge in [0, 0.05) is 11.4 Å². The van der Waals surface area contributed by atoms with Crippen LogP contribution in [-0.4, -0.2) is 24.4 Å². The Balaban J connectivity index is 1.61. The lowest BCUT2D eigenvalue weighted by Crippen LogP contribution is -2.39. The first-order chi connectivity index (χ1) is 10.3. The van der Waals surface area contributed by atoms with Crippen molar-refractivity contribution < 1.29 is 9.59 Å². The number of benzene rings is 1. The Hall–Kier alpha value is -1.98. The van der Waals surface area contributed by atoms with Crippen LogP contribution in [0.25, 0.3) is 0 Å². The molecule has 5 heteroatoms. The summed E-state index contributed by atoms with van der Waals surface area (Å²) in [7, 11) is 0. The molecule has 2 aromatic rings. The molecule has 1 aliphatic rings. The number of anilines is 1. The number of carbonyl (C=O) groups is 2. The van der Waals surface area contributed by atoms with Crippen molar-refractivity contribution in [3.05, 3.63) is 52.7 Å². The van der Waals surface area contributed by atoms with E-state index in [0.717, 1.165) is 6.42 Å². The van der Waals surface area contributed by atoms with Crippen molar-refractivity contribution in [3.8, 4) is 0 Å². The number of para-hydroxylation sites is 1. The van der Waals surface area contributed by atoms with Crippen LogP contribution < -0.4 is 10.2 Å². The van der Waals surface area contributed by atoms with Crippen LogP contribution >= 0.6 is 11.3 Å². The molecule has 108 valence electrons. The van der Waals surface area contributed by atoms with Crippen LogP contribution in [0.15, 0.2) is 47.8 Å². The second kappa shape index (κ2) is 6.20. The van der Waals surface area contributed by atoms with E-state index in [-0.39, 0.29) is 18.2 Å². The molecule has 0 radical (unpaired) electrons. The van der Waals surface area contributed by atoms with E-state index >= 15 is 0 Å². The van der Waals surface area contributed by atoms with E-state index in [1.165, 1.54) is 9.78 Å². The Kier molecular flexibility index (Phi) is 4.13. The Morgan fingerprint density at radius 1 is 1.14 bits per heavy atom. The molecule has 1 fully saturated rings. The van der Waals surface area contributed by atoms with Gasteiger partial charge in [0.1, 0.15) is 0 Å². The first kappa shape index (κ1) is 14.0. The van der Waals surface area contributed by atoms with Crippen molar-refractivity contribution in [2.24, 2.45) is 0 Å². The van der Waals surface area contributed by atoms with Crippen LogP contribution in [0.5, 0.6) is 0 Å². The normalized spacial score (nSPS) is 18.5. The molecule has 0 bridgehead atoms. The number of nitrogens with zero attached hydrogens (tertiary/aromatic N) is 1. The number of carbonyl (C=O) groups excluding carboxylic acids is 2. The van der Waals surface area contributed by atoms with Gasteiger partial charge in [0.25, 0.3) is 5.91 Å². The first-order valence-electron chi connectivity index (χ1n) is 6.93. The van der Waals surface area contributed by atoms with Crippen molar-refractivity contribution in [1.29, 1.82) is 0 Å². The molecule has 1 aromatic carbocycles. The molecule has 2 heterocycles. The fourth-order valence-electron chi connectivity index (χ4n) is 2.46. The van der Waals surface area contributed by atoms with E-state index < -0.39 is 6.04 Å². The summed E-state index contributed by atoms with van der Waals surface area (Å²) >= 11 is 1.70. The van der Waals surface area contributed by atoms with Crippen LogP contribution in [0.4, 0.5) is 5.69 Å². The fourth-order valence-corrected chi connectivity index (χ4v) is 3.17. The van der Waals surface area contributed by atoms with E-state index in [0.29, 0.717) is 12.2 Å². The van der Waals surface area contributed by atoms with E-state index in [9.17, 15) is 9.59 Å². The topological polar surface area (TPSA) is 49.4 Å². The number of amides is 2. The van der Waals surface area contributed by atoms with Gasteiger partial charge in [-0.15, -0.1) is 11.3 Å². The monoisotopic (exact) mass is 300 g/mol. The van der Waals surface area contributed by atoms with Gasteiger partial charge >= 0.3 is 0 Å². The van der Waals surface area contributed by atoms with Crippen LogP contribution in [0.1, 0.15) is 11.3 Å². The van der Waals surface area contributed by atoms with Crippen molar-refractivity contribution in [3.63, 3.8) is 0 Å². The lowest BCUT2D eigenvalue weighted by Gasteiger charge is -2.15. The second-order valence-corrected chi connectivity index (χ2v) is 5.98. The van der Waals surface area contributed by atoms with E-state index in [2.05, 4.69) is 11.4 Å². The zero-order valence-electron chi connectivity index (χ0n) is 11.5. The van der Waals surface area contributed by atoms with E-state index in [1.807, 2.05) is 29.6 Å². The maximum absolute atomic E-state index is 12.4. The maximum Gasteiger partial charge on any atom is 0.251 e. The highest BCUT2D eigenvalue weighted by atomic mass is 32.1. The molecule has 1 N–H and O–H groups in total. The second-order valence-electron chi connectivity index (χ2n) is 4.94. The Labute approximate surface area is 127 Å². The SMILES string of the molecule is O=C1CC(NCCc2cccs2)C(=O)N1c1ccccc1. The van der Waals surface area contributed by atoms with Crippen LogP contribution in [0, 0.1) is 0 Å². The summed E-state index contributed by atoms with van der Waals surface area (Å²) in [5.74, 6) is -0.294. The third-order valence-corrected chi connectivity index (χ3v) is 4.44. The van der Waals surface area contributed by atoms with Gasteiger partial charge in [0.2, 0.25) is 5.91 Å². The highest BCUT2D eigenvalue weighted by Gasteiger charge is 2.38. The summed E-state index contributed by atoms with van der Waals surface area (Å²) in [5, 5.41) is 5.23. The highest BCUT2D eigenvalue weighted by Crippen LogP contribution is 2.22. The van der Waals surface area contributed by atoms with Crippen LogP contribution in [-0.2, 0) is 16.0 Å². The summed E-state index contributed by atoms with van der Waals surface area (Å²) in [5.41, 5.74) is 0.648. The van der Waals surface area contributed by atoms with E-state index in [4.69, 9.17) is 0 Å². The van der Waals surface area contributed by atoms with Gasteiger partial charge in [-0.3, -0.25) is 9.59 Å². The molecule has 21 heavy (non-hydrogen) atoms. The maximum atomic E-state index is 12.4. The van der Waals surface area contributed by atoms with Gasteiger partial charge in [-0.25, -0.2) is 4.90 Å². The lowest BCUT2D eigenvalue weighted by atomic mass is 10.2. The molecule has 1 atom stereocenters. The van der Waals surface area contributed by atoms with Gasteiger partial charge in [-0.1, -0.05) is 24.3 Å². The van der Waals surface area contributed by atoms with Gasteiger partial charge in [0.15, 0.2) is 0 Å². The minimum atomic E-state index is -0.405. The predicted molar refractivity (Wildman–Crippen MR) is 83.4 cm³/mol. The molecule has 1 saturated heterocycles. The van der Waals surface area contributed by atoms with Gasteiger partial charge in [0.05, 0.1) is 18.2 Å². The average molecular weight is 300 g/mol. The third-order valence-electron chi connectivity index (χ3n) is 3.50. The predicted octanol–water partition coefficient (Wildman–Crippen LogP) is 2.21. The van der Waals surface area contributed by atoms with E-state index in [1.54, 1.807) is 23.5 Å². The number of nitrogens with one attached hydrogen (secondary N) is 1. The molecular formula is C16H16N2O2S. The number of hydrogen-bond acceptors (Lipinski definition) is 4. The zero-order valence-corrected chi connectivity index (χ0v) is 12.3. The highest BCUT2D eigenvalue weighted by molar-refractivity contribution is 7.09. The van der Waals surface area contributed by atoms with Crippen LogP contribution in [0.2, 0.25) is 0 Å². The summed E-state index contributed by atoms with van der Waals surface area (Å²) in [6.45, 7) is 0.701. The first-order valence-corrected chi connectivity index (χ1v) is 7.81. The molecule has 0 aliphatic carbocycles. The quantitative estimate of drug-likeness (QED) is 0.861. The molecule has 1 aliphatic heterocycles. The van der Waals surface area contributed by atoms with Gasteiger partial charge in [-0.2, -0.15) is 0 Å². The van der Waals surface area contributed by atoms with Gasteiger partial charge < -0.3 is 5.32 Å². The molecule has 3 rings (SSSR count). The molecule has 4 nitrogen and oxygen atoms in total. The Morgan fingerprint density at radius 3 is 2.67 bits per heavy atom.